The maximum Gasteiger partial charge on any atom is 0.326 e. The molecule has 0 bridgehead atoms. The van der Waals surface area contributed by atoms with E-state index in [1.54, 1.807) is 57.2 Å². The molecule has 2 aliphatic heterocycles. The lowest BCUT2D eigenvalue weighted by atomic mass is 10.1. The molecule has 0 spiro atoms. The van der Waals surface area contributed by atoms with Crippen molar-refractivity contribution < 1.29 is 23.9 Å². The van der Waals surface area contributed by atoms with Crippen LogP contribution in [0, 0.1) is 0 Å². The molecule has 2 aromatic carbocycles. The third-order valence-corrected chi connectivity index (χ3v) is 6.09. The predicted molar refractivity (Wildman–Crippen MR) is 116 cm³/mol. The Bertz CT molecular complexity index is 1060. The number of para-hydroxylation sites is 1. The largest absolute Gasteiger partial charge is 0.459 e. The van der Waals surface area contributed by atoms with E-state index in [4.69, 9.17) is 4.74 Å². The van der Waals surface area contributed by atoms with Crippen LogP contribution in [0.25, 0.3) is 0 Å². The second-order valence-corrected chi connectivity index (χ2v) is 9.39. The second kappa shape index (κ2) is 7.85. The van der Waals surface area contributed by atoms with E-state index >= 15 is 0 Å². The minimum absolute atomic E-state index is 0.201. The van der Waals surface area contributed by atoms with Crippen molar-refractivity contribution in [2.24, 2.45) is 0 Å². The molecular formula is C23H22N2O5S. The van der Waals surface area contributed by atoms with Gasteiger partial charge in [-0.25, -0.2) is 0 Å². The molecule has 0 saturated heterocycles. The normalized spacial score (nSPS) is 18.5. The molecule has 2 aromatic rings. The Hall–Kier alpha value is -3.13. The van der Waals surface area contributed by atoms with Gasteiger partial charge in [0.2, 0.25) is 0 Å². The molecule has 0 unspecified atom stereocenters. The summed E-state index contributed by atoms with van der Waals surface area (Å²) in [5.74, 6) is -1.85. The standard InChI is InChI=1S/C23H22N2O5S/c1-23(2,3)30-19(26)12-24-16-10-6-7-11-18(16)31-13-17(22(24)29)25-20(27)14-8-4-5-9-15(14)21(25)28/h4-11,17H,12-13H2,1-3H3/t17-/m0/s1. The highest BCUT2D eigenvalue weighted by Gasteiger charge is 2.45. The number of rotatable bonds is 3. The zero-order valence-corrected chi connectivity index (χ0v) is 18.3. The number of fused-ring (bicyclic) bond motifs is 2. The topological polar surface area (TPSA) is 84.0 Å². The Morgan fingerprint density at radius 3 is 2.19 bits per heavy atom. The van der Waals surface area contributed by atoms with Crippen LogP contribution in [0.4, 0.5) is 5.69 Å². The summed E-state index contributed by atoms with van der Waals surface area (Å²) in [6.07, 6.45) is 0. The molecule has 0 aliphatic carbocycles. The number of hydrogen-bond acceptors (Lipinski definition) is 6. The molecule has 0 aromatic heterocycles. The van der Waals surface area contributed by atoms with Gasteiger partial charge in [0.15, 0.2) is 0 Å². The fourth-order valence-electron chi connectivity index (χ4n) is 3.68. The number of anilines is 1. The molecule has 0 N–H and O–H groups in total. The summed E-state index contributed by atoms with van der Waals surface area (Å²) in [5.41, 5.74) is 0.418. The summed E-state index contributed by atoms with van der Waals surface area (Å²) < 4.78 is 5.41. The number of ether oxygens (including phenoxy) is 1. The number of esters is 1. The smallest absolute Gasteiger partial charge is 0.326 e. The van der Waals surface area contributed by atoms with Gasteiger partial charge in [0.05, 0.1) is 16.8 Å². The van der Waals surface area contributed by atoms with Crippen molar-refractivity contribution in [1.29, 1.82) is 0 Å². The van der Waals surface area contributed by atoms with Crippen LogP contribution in [0.3, 0.4) is 0 Å². The van der Waals surface area contributed by atoms with Crippen molar-refractivity contribution in [3.05, 3.63) is 59.7 Å². The van der Waals surface area contributed by atoms with E-state index in [0.29, 0.717) is 5.69 Å². The van der Waals surface area contributed by atoms with Crippen molar-refractivity contribution in [3.8, 4) is 0 Å². The average molecular weight is 439 g/mol. The van der Waals surface area contributed by atoms with Crippen LogP contribution in [-0.4, -0.2) is 52.5 Å². The molecule has 2 aliphatic rings. The lowest BCUT2D eigenvalue weighted by Gasteiger charge is -2.29. The number of carbonyl (C=O) groups is 4. The quantitative estimate of drug-likeness (QED) is 0.541. The molecular weight excluding hydrogens is 416 g/mol. The van der Waals surface area contributed by atoms with Gasteiger partial charge in [-0.1, -0.05) is 24.3 Å². The molecule has 8 heteroatoms. The highest BCUT2D eigenvalue weighted by molar-refractivity contribution is 7.99. The summed E-state index contributed by atoms with van der Waals surface area (Å²) in [6.45, 7) is 4.94. The molecule has 0 radical (unpaired) electrons. The van der Waals surface area contributed by atoms with Gasteiger partial charge < -0.3 is 4.74 Å². The third-order valence-electron chi connectivity index (χ3n) is 4.95. The van der Waals surface area contributed by atoms with Gasteiger partial charge in [-0.15, -0.1) is 11.8 Å². The van der Waals surface area contributed by atoms with Crippen LogP contribution in [0.5, 0.6) is 0 Å². The Morgan fingerprint density at radius 2 is 1.58 bits per heavy atom. The van der Waals surface area contributed by atoms with E-state index in [1.165, 1.54) is 16.7 Å². The van der Waals surface area contributed by atoms with Gasteiger partial charge in [-0.05, 0) is 45.0 Å². The molecule has 31 heavy (non-hydrogen) atoms. The number of hydrogen-bond donors (Lipinski definition) is 0. The first kappa shape index (κ1) is 21.1. The first-order valence-electron chi connectivity index (χ1n) is 9.89. The third kappa shape index (κ3) is 3.95. The van der Waals surface area contributed by atoms with E-state index in [1.807, 2.05) is 12.1 Å². The Labute approximate surface area is 184 Å². The minimum atomic E-state index is -1.03. The summed E-state index contributed by atoms with van der Waals surface area (Å²) in [4.78, 5) is 55.3. The molecule has 1 atom stereocenters. The van der Waals surface area contributed by atoms with Gasteiger partial charge in [0, 0.05) is 10.6 Å². The number of imide groups is 1. The van der Waals surface area contributed by atoms with E-state index in [2.05, 4.69) is 0 Å². The number of thioether (sulfide) groups is 1. The SMILES string of the molecule is CC(C)(C)OC(=O)CN1C(=O)[C@@H](N2C(=O)c3ccccc3C2=O)CSc2ccccc21. The molecule has 2 heterocycles. The fraction of sp³-hybridized carbons (Fsp3) is 0.304. The minimum Gasteiger partial charge on any atom is -0.459 e. The fourth-order valence-corrected chi connectivity index (χ4v) is 4.81. The van der Waals surface area contributed by atoms with Gasteiger partial charge in [-0.3, -0.25) is 29.0 Å². The van der Waals surface area contributed by atoms with Crippen molar-refractivity contribution in [3.63, 3.8) is 0 Å². The summed E-state index contributed by atoms with van der Waals surface area (Å²) in [7, 11) is 0. The molecule has 7 nitrogen and oxygen atoms in total. The summed E-state index contributed by atoms with van der Waals surface area (Å²) in [5, 5.41) is 0. The van der Waals surface area contributed by atoms with Gasteiger partial charge in [0.25, 0.3) is 17.7 Å². The Balaban J connectivity index is 1.69. The van der Waals surface area contributed by atoms with Crippen molar-refractivity contribution in [2.75, 3.05) is 17.2 Å². The average Bonchev–Trinajstić information content (AvgIpc) is 2.88. The number of amides is 3. The van der Waals surface area contributed by atoms with Crippen molar-refractivity contribution in [1.82, 2.24) is 4.90 Å². The van der Waals surface area contributed by atoms with E-state index in [-0.39, 0.29) is 23.4 Å². The lowest BCUT2D eigenvalue weighted by molar-refractivity contribution is -0.153. The van der Waals surface area contributed by atoms with Crippen LogP contribution >= 0.6 is 11.8 Å². The van der Waals surface area contributed by atoms with Crippen LogP contribution < -0.4 is 4.90 Å². The Morgan fingerprint density at radius 1 is 1.00 bits per heavy atom. The first-order valence-corrected chi connectivity index (χ1v) is 10.9. The maximum absolute atomic E-state index is 13.6. The highest BCUT2D eigenvalue weighted by Crippen LogP contribution is 2.37. The number of nitrogens with zero attached hydrogens (tertiary/aromatic N) is 2. The molecule has 4 rings (SSSR count). The molecule has 3 amide bonds. The Kier molecular flexibility index (Phi) is 5.35. The van der Waals surface area contributed by atoms with Gasteiger partial charge in [-0.2, -0.15) is 0 Å². The first-order chi connectivity index (χ1) is 14.7. The van der Waals surface area contributed by atoms with E-state index < -0.39 is 35.3 Å². The van der Waals surface area contributed by atoms with Gasteiger partial charge in [0.1, 0.15) is 18.2 Å². The maximum atomic E-state index is 13.6. The van der Waals surface area contributed by atoms with Crippen LogP contribution in [-0.2, 0) is 14.3 Å². The van der Waals surface area contributed by atoms with E-state index in [0.717, 1.165) is 9.80 Å². The molecule has 160 valence electrons. The van der Waals surface area contributed by atoms with E-state index in [9.17, 15) is 19.2 Å². The summed E-state index contributed by atoms with van der Waals surface area (Å²) in [6, 6.07) is 12.7. The predicted octanol–water partition coefficient (Wildman–Crippen LogP) is 3.13. The highest BCUT2D eigenvalue weighted by atomic mass is 32.2. The van der Waals surface area contributed by atoms with Crippen molar-refractivity contribution in [2.45, 2.75) is 37.3 Å². The van der Waals surface area contributed by atoms with Crippen LogP contribution in [0.2, 0.25) is 0 Å². The zero-order chi connectivity index (χ0) is 22.3. The lowest BCUT2D eigenvalue weighted by Crippen LogP contribution is -2.53. The molecule has 0 fully saturated rings. The number of carbonyl (C=O) groups excluding carboxylic acids is 4. The molecule has 0 saturated carbocycles. The van der Waals surface area contributed by atoms with Gasteiger partial charge >= 0.3 is 5.97 Å². The van der Waals surface area contributed by atoms with Crippen molar-refractivity contribution >= 4 is 41.1 Å². The van der Waals surface area contributed by atoms with Crippen LogP contribution in [0.15, 0.2) is 53.4 Å². The number of benzene rings is 2. The monoisotopic (exact) mass is 438 g/mol. The second-order valence-electron chi connectivity index (χ2n) is 8.33. The zero-order valence-electron chi connectivity index (χ0n) is 17.5. The summed E-state index contributed by atoms with van der Waals surface area (Å²) >= 11 is 1.37. The van der Waals surface area contributed by atoms with Crippen LogP contribution in [0.1, 0.15) is 41.5 Å².